The zero-order valence-electron chi connectivity index (χ0n) is 19.3. The van der Waals surface area contributed by atoms with Crippen LogP contribution in [0.25, 0.3) is 22.3 Å². The minimum absolute atomic E-state index is 0.956. The second-order valence-corrected chi connectivity index (χ2v) is 10.3. The third kappa shape index (κ3) is 2.23. The van der Waals surface area contributed by atoms with Crippen LogP contribution in [-0.4, -0.2) is 4.98 Å². The van der Waals surface area contributed by atoms with Crippen LogP contribution in [0.5, 0.6) is 0 Å². The maximum absolute atomic E-state index is 4.89. The van der Waals surface area contributed by atoms with E-state index in [4.69, 9.17) is 4.98 Å². The normalized spacial score (nSPS) is 14.9. The molecule has 35 heavy (non-hydrogen) atoms. The van der Waals surface area contributed by atoms with Gasteiger partial charge < -0.3 is 0 Å². The summed E-state index contributed by atoms with van der Waals surface area (Å²) in [6, 6.07) is 29.5. The first-order valence-electron chi connectivity index (χ1n) is 12.6. The molecule has 5 aromatic rings. The van der Waals surface area contributed by atoms with Crippen molar-refractivity contribution in [2.45, 2.75) is 25.7 Å². The summed E-state index contributed by atoms with van der Waals surface area (Å²) in [7, 11) is 0. The summed E-state index contributed by atoms with van der Waals surface area (Å²) >= 11 is 0. The Morgan fingerprint density at radius 2 is 1.31 bits per heavy atom. The Balaban J connectivity index is 1.36. The molecule has 3 heterocycles. The summed E-state index contributed by atoms with van der Waals surface area (Å²) in [4.78, 5) is 7.35. The average Bonchev–Trinajstić information content (AvgIpc) is 3.46. The lowest BCUT2D eigenvalue weighted by molar-refractivity contribution is 0.978. The third-order valence-electron chi connectivity index (χ3n) is 8.55. The van der Waals surface area contributed by atoms with Crippen LogP contribution in [0.3, 0.4) is 0 Å². The molecule has 9 rings (SSSR count). The van der Waals surface area contributed by atoms with Crippen LogP contribution in [0.1, 0.15) is 44.5 Å². The zero-order chi connectivity index (χ0) is 22.7. The lowest BCUT2D eigenvalue weighted by Crippen LogP contribution is -2.26. The zero-order valence-corrected chi connectivity index (χ0v) is 19.3. The summed E-state index contributed by atoms with van der Waals surface area (Å²) in [6.45, 7) is 0. The lowest BCUT2D eigenvalue weighted by atomic mass is 9.82. The van der Waals surface area contributed by atoms with E-state index < -0.39 is 0 Å². The van der Waals surface area contributed by atoms with Gasteiger partial charge in [-0.3, -0.25) is 4.90 Å². The lowest BCUT2D eigenvalue weighted by Gasteiger charge is -2.39. The SMILES string of the molecule is c1ccc2c(c1)Cc1c-2ccc2c1-c1c(cc3c4c1Cc1ccccc1N4c1ncccc1C3)C2. The highest BCUT2D eigenvalue weighted by atomic mass is 15.2. The van der Waals surface area contributed by atoms with E-state index in [2.05, 4.69) is 83.8 Å². The number of hydrogen-bond donors (Lipinski definition) is 0. The van der Waals surface area contributed by atoms with Crippen molar-refractivity contribution in [1.29, 1.82) is 0 Å². The van der Waals surface area contributed by atoms with Crippen LogP contribution in [0, 0.1) is 0 Å². The molecule has 0 unspecified atom stereocenters. The van der Waals surface area contributed by atoms with E-state index in [-0.39, 0.29) is 0 Å². The summed E-state index contributed by atoms with van der Waals surface area (Å²) in [5, 5.41) is 0. The monoisotopic (exact) mass is 446 g/mol. The highest BCUT2D eigenvalue weighted by molar-refractivity contribution is 5.97. The van der Waals surface area contributed by atoms with Crippen molar-refractivity contribution < 1.29 is 0 Å². The van der Waals surface area contributed by atoms with Crippen LogP contribution in [0.15, 0.2) is 85.1 Å². The highest BCUT2D eigenvalue weighted by Crippen LogP contribution is 2.56. The van der Waals surface area contributed by atoms with Crippen LogP contribution in [0.4, 0.5) is 17.2 Å². The fraction of sp³-hybridized carbons (Fsp3) is 0.121. The maximum atomic E-state index is 4.89. The molecule has 4 aromatic carbocycles. The Labute approximate surface area is 204 Å². The van der Waals surface area contributed by atoms with Crippen molar-refractivity contribution in [2.24, 2.45) is 0 Å². The molecule has 164 valence electrons. The van der Waals surface area contributed by atoms with Gasteiger partial charge in [0, 0.05) is 19.0 Å². The fourth-order valence-electron chi connectivity index (χ4n) is 7.20. The molecule has 4 aliphatic rings. The van der Waals surface area contributed by atoms with Crippen molar-refractivity contribution in [3.8, 4) is 22.3 Å². The van der Waals surface area contributed by atoms with Gasteiger partial charge in [0.25, 0.3) is 0 Å². The van der Waals surface area contributed by atoms with E-state index in [9.17, 15) is 0 Å². The summed E-state index contributed by atoms with van der Waals surface area (Å²) < 4.78 is 0. The topological polar surface area (TPSA) is 16.1 Å². The van der Waals surface area contributed by atoms with E-state index >= 15 is 0 Å². The molecule has 0 saturated heterocycles. The summed E-state index contributed by atoms with van der Waals surface area (Å²) in [5.41, 5.74) is 20.1. The Bertz CT molecular complexity index is 1750. The van der Waals surface area contributed by atoms with Gasteiger partial charge in [-0.2, -0.15) is 0 Å². The molecule has 0 radical (unpaired) electrons. The van der Waals surface area contributed by atoms with Gasteiger partial charge in [-0.25, -0.2) is 4.98 Å². The standard InChI is InChI=1S/C33H22N2/c1-3-9-25-19(6-1)17-27-26(25)12-11-21-14-23-16-24-15-22-8-5-13-34-33(22)35-29-10-4-2-7-20(29)18-28(32(24)35)31(23)30(21)27/h1-13,16H,14-15,17-18H2. The molecule has 0 atom stereocenters. The minimum Gasteiger partial charge on any atom is -0.294 e. The molecule has 0 fully saturated rings. The molecule has 2 heteroatoms. The molecular formula is C33H22N2. The first-order chi connectivity index (χ1) is 17.3. The van der Waals surface area contributed by atoms with Crippen LogP contribution in [0.2, 0.25) is 0 Å². The smallest absolute Gasteiger partial charge is 0.141 e. The van der Waals surface area contributed by atoms with Gasteiger partial charge in [0.05, 0.1) is 11.4 Å². The largest absolute Gasteiger partial charge is 0.294 e. The molecule has 2 aliphatic carbocycles. The molecule has 0 bridgehead atoms. The Morgan fingerprint density at radius 3 is 2.29 bits per heavy atom. The second-order valence-electron chi connectivity index (χ2n) is 10.3. The molecule has 0 spiro atoms. The number of pyridine rings is 1. The third-order valence-corrected chi connectivity index (χ3v) is 8.55. The second kappa shape index (κ2) is 6.28. The van der Waals surface area contributed by atoms with Gasteiger partial charge in [-0.1, -0.05) is 66.7 Å². The first-order valence-corrected chi connectivity index (χ1v) is 12.6. The van der Waals surface area contributed by atoms with Crippen LogP contribution < -0.4 is 4.90 Å². The number of nitrogens with zero attached hydrogens (tertiary/aromatic N) is 2. The van der Waals surface area contributed by atoms with Gasteiger partial charge in [-0.05, 0) is 91.7 Å². The Kier molecular flexibility index (Phi) is 3.27. The van der Waals surface area contributed by atoms with Gasteiger partial charge in [0.1, 0.15) is 5.82 Å². The number of hydrogen-bond acceptors (Lipinski definition) is 2. The first kappa shape index (κ1) is 18.2. The minimum atomic E-state index is 0.956. The van der Waals surface area contributed by atoms with E-state index in [1.165, 1.54) is 78.1 Å². The fourth-order valence-corrected chi connectivity index (χ4v) is 7.20. The molecule has 0 saturated carbocycles. The van der Waals surface area contributed by atoms with E-state index in [0.717, 1.165) is 31.5 Å². The molecule has 1 aromatic heterocycles. The van der Waals surface area contributed by atoms with Gasteiger partial charge >= 0.3 is 0 Å². The van der Waals surface area contributed by atoms with Crippen molar-refractivity contribution in [2.75, 3.05) is 4.90 Å². The predicted molar refractivity (Wildman–Crippen MR) is 141 cm³/mol. The van der Waals surface area contributed by atoms with E-state index in [1.54, 1.807) is 0 Å². The number of para-hydroxylation sites is 1. The van der Waals surface area contributed by atoms with Crippen molar-refractivity contribution in [3.63, 3.8) is 0 Å². The molecule has 0 N–H and O–H groups in total. The molecule has 2 aliphatic heterocycles. The van der Waals surface area contributed by atoms with Crippen LogP contribution >= 0.6 is 0 Å². The summed E-state index contributed by atoms with van der Waals surface area (Å²) in [6.07, 6.45) is 5.95. The Hall–Kier alpha value is -4.17. The molecule has 2 nitrogen and oxygen atoms in total. The van der Waals surface area contributed by atoms with Crippen molar-refractivity contribution in [3.05, 3.63) is 130 Å². The molecular weight excluding hydrogens is 424 g/mol. The van der Waals surface area contributed by atoms with Crippen LogP contribution in [-0.2, 0) is 25.7 Å². The Morgan fingerprint density at radius 1 is 0.543 bits per heavy atom. The number of benzene rings is 4. The summed E-state index contributed by atoms with van der Waals surface area (Å²) in [5.74, 6) is 1.09. The number of anilines is 3. The van der Waals surface area contributed by atoms with E-state index in [0.29, 0.717) is 0 Å². The molecule has 0 amide bonds. The van der Waals surface area contributed by atoms with E-state index in [1.807, 2.05) is 6.20 Å². The average molecular weight is 447 g/mol. The quantitative estimate of drug-likeness (QED) is 0.240. The highest BCUT2D eigenvalue weighted by Gasteiger charge is 2.38. The maximum Gasteiger partial charge on any atom is 0.141 e. The van der Waals surface area contributed by atoms with Gasteiger partial charge in [-0.15, -0.1) is 0 Å². The van der Waals surface area contributed by atoms with Gasteiger partial charge in [0.2, 0.25) is 0 Å². The number of aromatic nitrogens is 1. The van der Waals surface area contributed by atoms with Gasteiger partial charge in [0.15, 0.2) is 0 Å². The number of fused-ring (bicyclic) bond motifs is 12. The number of rotatable bonds is 0. The van der Waals surface area contributed by atoms with Crippen molar-refractivity contribution >= 4 is 17.2 Å². The van der Waals surface area contributed by atoms with Crippen molar-refractivity contribution in [1.82, 2.24) is 4.98 Å². The predicted octanol–water partition coefficient (Wildman–Crippen LogP) is 7.50.